The minimum Gasteiger partial charge on any atom is -0.489 e. The van der Waals surface area contributed by atoms with E-state index in [1.54, 1.807) is 36.4 Å². The summed E-state index contributed by atoms with van der Waals surface area (Å²) in [6, 6.07) is 13.1. The first-order chi connectivity index (χ1) is 12.9. The molecule has 0 unspecified atom stereocenters. The summed E-state index contributed by atoms with van der Waals surface area (Å²) in [5, 5.41) is 6.28. The molecule has 0 aliphatic rings. The molecule has 2 N–H and O–H groups in total. The highest BCUT2D eigenvalue weighted by atomic mass is 19.1. The maximum atomic E-state index is 12.9. The van der Waals surface area contributed by atoms with Gasteiger partial charge in [-0.1, -0.05) is 38.1 Å². The zero-order valence-corrected chi connectivity index (χ0v) is 15.2. The maximum absolute atomic E-state index is 12.9. The summed E-state index contributed by atoms with van der Waals surface area (Å²) in [6.07, 6.45) is 1.42. The fraction of sp³-hybridized carbons (Fsp3) is 0.250. The average Bonchev–Trinajstić information content (AvgIpc) is 2.66. The van der Waals surface area contributed by atoms with Crippen molar-refractivity contribution in [3.8, 4) is 5.75 Å². The van der Waals surface area contributed by atoms with Gasteiger partial charge in [-0.2, -0.15) is 5.10 Å². The molecule has 0 fully saturated rings. The van der Waals surface area contributed by atoms with E-state index in [1.165, 1.54) is 18.3 Å². The molecule has 0 saturated heterocycles. The molecule has 2 aromatic rings. The number of rotatable bonds is 7. The summed E-state index contributed by atoms with van der Waals surface area (Å²) < 4.78 is 18.6. The van der Waals surface area contributed by atoms with Crippen molar-refractivity contribution in [2.45, 2.75) is 20.5 Å². The number of nitrogens with zero attached hydrogens (tertiary/aromatic N) is 1. The molecule has 0 aliphatic carbocycles. The Morgan fingerprint density at radius 1 is 1.15 bits per heavy atom. The quantitative estimate of drug-likeness (QED) is 0.446. The van der Waals surface area contributed by atoms with Gasteiger partial charge in [0.25, 0.3) is 0 Å². The topological polar surface area (TPSA) is 79.8 Å². The van der Waals surface area contributed by atoms with Gasteiger partial charge in [-0.25, -0.2) is 9.82 Å². The van der Waals surface area contributed by atoms with E-state index in [0.717, 1.165) is 5.56 Å². The van der Waals surface area contributed by atoms with E-state index in [2.05, 4.69) is 15.8 Å². The minimum absolute atomic E-state index is 0.253. The van der Waals surface area contributed by atoms with E-state index in [0.29, 0.717) is 24.5 Å². The molecule has 142 valence electrons. The van der Waals surface area contributed by atoms with Crippen molar-refractivity contribution < 1.29 is 18.7 Å². The van der Waals surface area contributed by atoms with Gasteiger partial charge in [-0.05, 0) is 41.3 Å². The second-order valence-corrected chi connectivity index (χ2v) is 6.29. The molecule has 6 nitrogen and oxygen atoms in total. The Labute approximate surface area is 157 Å². The molecule has 0 aromatic heterocycles. The fourth-order valence-electron chi connectivity index (χ4n) is 2.03. The van der Waals surface area contributed by atoms with Crippen LogP contribution >= 0.6 is 0 Å². The van der Waals surface area contributed by atoms with Crippen molar-refractivity contribution in [2.24, 2.45) is 11.0 Å². The number of ether oxygens (including phenoxy) is 1. The first-order valence-electron chi connectivity index (χ1n) is 8.52. The largest absolute Gasteiger partial charge is 0.489 e. The van der Waals surface area contributed by atoms with Crippen LogP contribution in [0, 0.1) is 11.7 Å². The number of benzene rings is 2. The molecule has 2 amide bonds. The summed E-state index contributed by atoms with van der Waals surface area (Å²) in [5.41, 5.74) is 3.71. The summed E-state index contributed by atoms with van der Waals surface area (Å²) >= 11 is 0. The van der Waals surface area contributed by atoms with Crippen molar-refractivity contribution in [3.05, 3.63) is 65.5 Å². The number of carbonyl (C=O) groups excluding carboxylic acids is 2. The third-order valence-corrected chi connectivity index (χ3v) is 3.43. The molecule has 0 saturated carbocycles. The van der Waals surface area contributed by atoms with Gasteiger partial charge in [0, 0.05) is 6.54 Å². The second-order valence-electron chi connectivity index (χ2n) is 6.29. The van der Waals surface area contributed by atoms with Crippen LogP contribution in [0.5, 0.6) is 5.75 Å². The van der Waals surface area contributed by atoms with Crippen LogP contribution < -0.4 is 15.5 Å². The van der Waals surface area contributed by atoms with Gasteiger partial charge in [0.2, 0.25) is 0 Å². The van der Waals surface area contributed by atoms with E-state index in [1.807, 2.05) is 13.8 Å². The first kappa shape index (κ1) is 20.1. The van der Waals surface area contributed by atoms with Crippen LogP contribution in [0.1, 0.15) is 25.0 Å². The molecule has 0 atom stereocenters. The number of hydrazone groups is 1. The van der Waals surface area contributed by atoms with Crippen LogP contribution in [0.4, 0.5) is 4.39 Å². The number of nitrogens with one attached hydrogen (secondary N) is 2. The number of halogens is 1. The maximum Gasteiger partial charge on any atom is 0.329 e. The van der Waals surface area contributed by atoms with Crippen LogP contribution in [-0.4, -0.2) is 24.6 Å². The lowest BCUT2D eigenvalue weighted by Gasteiger charge is -2.07. The van der Waals surface area contributed by atoms with Gasteiger partial charge in [0.05, 0.1) is 6.21 Å². The van der Waals surface area contributed by atoms with E-state index < -0.39 is 11.8 Å². The van der Waals surface area contributed by atoms with Crippen molar-refractivity contribution in [2.75, 3.05) is 6.54 Å². The number of hydrogen-bond acceptors (Lipinski definition) is 4. The Morgan fingerprint density at radius 3 is 2.59 bits per heavy atom. The predicted molar refractivity (Wildman–Crippen MR) is 101 cm³/mol. The van der Waals surface area contributed by atoms with Gasteiger partial charge in [-0.15, -0.1) is 0 Å². The van der Waals surface area contributed by atoms with Gasteiger partial charge in [0.15, 0.2) is 0 Å². The molecule has 0 radical (unpaired) electrons. The lowest BCUT2D eigenvalue weighted by Crippen LogP contribution is -2.39. The second kappa shape index (κ2) is 10.1. The number of amides is 2. The van der Waals surface area contributed by atoms with Crippen LogP contribution in [0.15, 0.2) is 53.6 Å². The average molecular weight is 371 g/mol. The molecule has 0 heterocycles. The van der Waals surface area contributed by atoms with E-state index >= 15 is 0 Å². The summed E-state index contributed by atoms with van der Waals surface area (Å²) in [5.74, 6) is -0.989. The molecular formula is C20H22FN3O3. The first-order valence-corrected chi connectivity index (χ1v) is 8.52. The van der Waals surface area contributed by atoms with Gasteiger partial charge in [-0.3, -0.25) is 9.59 Å². The highest BCUT2D eigenvalue weighted by molar-refractivity contribution is 6.35. The van der Waals surface area contributed by atoms with Gasteiger partial charge >= 0.3 is 11.8 Å². The van der Waals surface area contributed by atoms with Crippen molar-refractivity contribution >= 4 is 18.0 Å². The van der Waals surface area contributed by atoms with Crippen molar-refractivity contribution in [1.29, 1.82) is 0 Å². The van der Waals surface area contributed by atoms with Crippen molar-refractivity contribution in [1.82, 2.24) is 10.7 Å². The lowest BCUT2D eigenvalue weighted by molar-refractivity contribution is -0.139. The zero-order valence-electron chi connectivity index (χ0n) is 15.2. The molecule has 0 spiro atoms. The monoisotopic (exact) mass is 371 g/mol. The Hall–Kier alpha value is -3.22. The SMILES string of the molecule is CC(C)CNC(=O)C(=O)N/N=C\c1cccc(OCc2ccc(F)cc2)c1. The standard InChI is InChI=1S/C20H22FN3O3/c1-14(2)11-22-19(25)20(26)24-23-12-16-4-3-5-18(10-16)27-13-15-6-8-17(21)9-7-15/h3-10,12,14H,11,13H2,1-2H3,(H,22,25)(H,24,26)/b23-12-. The molecule has 0 bridgehead atoms. The van der Waals surface area contributed by atoms with Crippen LogP contribution in [0.2, 0.25) is 0 Å². The molecule has 2 aromatic carbocycles. The van der Waals surface area contributed by atoms with Crippen LogP contribution in [0.3, 0.4) is 0 Å². The summed E-state index contributed by atoms with van der Waals surface area (Å²) in [7, 11) is 0. The molecule has 0 aliphatic heterocycles. The van der Waals surface area contributed by atoms with Gasteiger partial charge < -0.3 is 10.1 Å². The smallest absolute Gasteiger partial charge is 0.329 e. The van der Waals surface area contributed by atoms with E-state index in [4.69, 9.17) is 4.74 Å². The van der Waals surface area contributed by atoms with Gasteiger partial charge in [0.1, 0.15) is 18.2 Å². The molecular weight excluding hydrogens is 349 g/mol. The van der Waals surface area contributed by atoms with Crippen LogP contribution in [-0.2, 0) is 16.2 Å². The Morgan fingerprint density at radius 2 is 1.89 bits per heavy atom. The predicted octanol–water partition coefficient (Wildman–Crippen LogP) is 2.63. The molecule has 27 heavy (non-hydrogen) atoms. The zero-order chi connectivity index (χ0) is 19.6. The highest BCUT2D eigenvalue weighted by Gasteiger charge is 2.12. The van der Waals surface area contributed by atoms with Crippen molar-refractivity contribution in [3.63, 3.8) is 0 Å². The highest BCUT2D eigenvalue weighted by Crippen LogP contribution is 2.14. The van der Waals surface area contributed by atoms with E-state index in [-0.39, 0.29) is 11.7 Å². The molecule has 7 heteroatoms. The minimum atomic E-state index is -0.824. The summed E-state index contributed by atoms with van der Waals surface area (Å²) in [6.45, 7) is 4.58. The summed E-state index contributed by atoms with van der Waals surface area (Å²) in [4.78, 5) is 23.2. The Balaban J connectivity index is 1.85. The molecule has 2 rings (SSSR count). The fourth-order valence-corrected chi connectivity index (χ4v) is 2.03. The third kappa shape index (κ3) is 7.27. The Bertz CT molecular complexity index is 804. The third-order valence-electron chi connectivity index (χ3n) is 3.43. The number of hydrogen-bond donors (Lipinski definition) is 2. The normalized spacial score (nSPS) is 10.8. The van der Waals surface area contributed by atoms with Crippen LogP contribution in [0.25, 0.3) is 0 Å². The van der Waals surface area contributed by atoms with E-state index in [9.17, 15) is 14.0 Å². The number of carbonyl (C=O) groups is 2. The lowest BCUT2D eigenvalue weighted by atomic mass is 10.2. The Kier molecular flexibility index (Phi) is 7.49.